The molecule has 1 aromatic carbocycles. The van der Waals surface area contributed by atoms with Crippen LogP contribution in [0, 0.1) is 6.92 Å². The van der Waals surface area contributed by atoms with Crippen molar-refractivity contribution in [3.63, 3.8) is 0 Å². The van der Waals surface area contributed by atoms with E-state index in [0.29, 0.717) is 21.0 Å². The molecule has 0 atom stereocenters. The number of hydrogen-bond donors (Lipinski definition) is 3. The van der Waals surface area contributed by atoms with Gasteiger partial charge in [-0.25, -0.2) is 4.79 Å². The molecule has 0 bridgehead atoms. The molecule has 2 aromatic heterocycles. The van der Waals surface area contributed by atoms with Crippen LogP contribution in [0.15, 0.2) is 40.1 Å². The van der Waals surface area contributed by atoms with Crippen molar-refractivity contribution in [2.75, 3.05) is 17.6 Å². The van der Waals surface area contributed by atoms with E-state index in [1.54, 1.807) is 11.3 Å². The van der Waals surface area contributed by atoms with Crippen LogP contribution in [-0.2, 0) is 11.2 Å². The van der Waals surface area contributed by atoms with Crippen LogP contribution in [0.2, 0.25) is 5.02 Å². The van der Waals surface area contributed by atoms with E-state index in [4.69, 9.17) is 11.6 Å². The van der Waals surface area contributed by atoms with Gasteiger partial charge in [0.25, 0.3) is 0 Å². The lowest BCUT2D eigenvalue weighted by atomic mass is 10.2. The molecule has 0 radical (unpaired) electrons. The Morgan fingerprint density at radius 3 is 2.86 bits per heavy atom. The van der Waals surface area contributed by atoms with Crippen LogP contribution in [0.3, 0.4) is 0 Å². The number of anilines is 2. The summed E-state index contributed by atoms with van der Waals surface area (Å²) in [6.07, 6.45) is 0.737. The summed E-state index contributed by atoms with van der Waals surface area (Å²) in [4.78, 5) is 24.9. The molecule has 0 aliphatic carbocycles. The van der Waals surface area contributed by atoms with E-state index in [0.717, 1.165) is 17.7 Å². The summed E-state index contributed by atoms with van der Waals surface area (Å²) in [7, 11) is 0. The maximum absolute atomic E-state index is 11.9. The van der Waals surface area contributed by atoms with Crippen molar-refractivity contribution in [3.05, 3.63) is 51.2 Å². The number of urea groups is 1. The Balaban J connectivity index is 1.38. The molecule has 0 saturated heterocycles. The normalized spacial score (nSPS) is 10.6. The van der Waals surface area contributed by atoms with Crippen LogP contribution in [0.25, 0.3) is 0 Å². The van der Waals surface area contributed by atoms with Crippen LogP contribution >= 0.6 is 46.0 Å². The number of thiophene rings is 1. The molecule has 3 rings (SSSR count). The van der Waals surface area contributed by atoms with Crippen molar-refractivity contribution in [1.82, 2.24) is 20.8 Å². The Kier molecular flexibility index (Phi) is 7.87. The number of aromatic nitrogens is 2. The Morgan fingerprint density at radius 2 is 2.10 bits per heavy atom. The smallest absolute Gasteiger partial charge is 0.321 e. The number of nitrogens with zero attached hydrogens (tertiary/aromatic N) is 2. The molecule has 11 heteroatoms. The van der Waals surface area contributed by atoms with Crippen molar-refractivity contribution >= 4 is 68.8 Å². The number of thioether (sulfide) groups is 1. The first-order valence-corrected chi connectivity index (χ1v) is 11.6. The van der Waals surface area contributed by atoms with Gasteiger partial charge in [0.2, 0.25) is 11.0 Å². The molecule has 3 aromatic rings. The third-order valence-corrected chi connectivity index (χ3v) is 6.96. The largest absolute Gasteiger partial charge is 0.337 e. The molecular weight excluding hydrogens is 450 g/mol. The van der Waals surface area contributed by atoms with Gasteiger partial charge in [0, 0.05) is 22.1 Å². The first-order chi connectivity index (χ1) is 14.0. The van der Waals surface area contributed by atoms with Crippen LogP contribution in [0.1, 0.15) is 10.4 Å². The third-order valence-electron chi connectivity index (χ3n) is 3.65. The number of carbonyl (C=O) groups excluding carboxylic acids is 2. The molecule has 0 aliphatic heterocycles. The second kappa shape index (κ2) is 10.6. The van der Waals surface area contributed by atoms with Crippen LogP contribution in [0.4, 0.5) is 15.6 Å². The van der Waals surface area contributed by atoms with Gasteiger partial charge < -0.3 is 10.6 Å². The summed E-state index contributed by atoms with van der Waals surface area (Å²) in [5, 5.41) is 19.4. The van der Waals surface area contributed by atoms with E-state index >= 15 is 0 Å². The molecule has 152 valence electrons. The van der Waals surface area contributed by atoms with Gasteiger partial charge in [-0.1, -0.05) is 46.8 Å². The quantitative estimate of drug-likeness (QED) is 0.423. The zero-order chi connectivity index (χ0) is 20.6. The summed E-state index contributed by atoms with van der Waals surface area (Å²) in [5.74, 6) is -0.317. The SMILES string of the molecule is Cc1ccc(Nc2nnc(SCC(=O)NC(=O)NCCc3cccs3)s2)cc1Cl. The highest BCUT2D eigenvalue weighted by atomic mass is 35.5. The first kappa shape index (κ1) is 21.6. The zero-order valence-electron chi connectivity index (χ0n) is 15.4. The van der Waals surface area contributed by atoms with Gasteiger partial charge in [-0.15, -0.1) is 21.5 Å². The fourth-order valence-electron chi connectivity index (χ4n) is 2.20. The first-order valence-electron chi connectivity index (χ1n) is 8.59. The fraction of sp³-hybridized carbons (Fsp3) is 0.222. The number of imide groups is 1. The van der Waals surface area contributed by atoms with Gasteiger partial charge in [-0.3, -0.25) is 10.1 Å². The highest BCUT2D eigenvalue weighted by Gasteiger charge is 2.11. The molecule has 7 nitrogen and oxygen atoms in total. The maximum atomic E-state index is 11.9. The molecule has 2 heterocycles. The summed E-state index contributed by atoms with van der Waals surface area (Å²) in [6, 6.07) is 9.10. The predicted octanol–water partition coefficient (Wildman–Crippen LogP) is 4.47. The van der Waals surface area contributed by atoms with Crippen molar-refractivity contribution in [3.8, 4) is 0 Å². The Hall–Kier alpha value is -2.14. The van der Waals surface area contributed by atoms with Gasteiger partial charge in [0.05, 0.1) is 5.75 Å². The molecule has 29 heavy (non-hydrogen) atoms. The predicted molar refractivity (Wildman–Crippen MR) is 120 cm³/mol. The third kappa shape index (κ3) is 7.00. The van der Waals surface area contributed by atoms with E-state index in [2.05, 4.69) is 26.1 Å². The second-order valence-corrected chi connectivity index (χ2v) is 9.52. The molecule has 3 amide bonds. The van der Waals surface area contributed by atoms with E-state index in [-0.39, 0.29) is 5.75 Å². The van der Waals surface area contributed by atoms with Crippen molar-refractivity contribution in [2.45, 2.75) is 17.7 Å². The average Bonchev–Trinajstić information content (AvgIpc) is 3.35. The Bertz CT molecular complexity index is 978. The molecule has 0 saturated carbocycles. The van der Waals surface area contributed by atoms with E-state index < -0.39 is 11.9 Å². The van der Waals surface area contributed by atoms with Crippen molar-refractivity contribution in [1.29, 1.82) is 0 Å². The maximum Gasteiger partial charge on any atom is 0.321 e. The topological polar surface area (TPSA) is 96.0 Å². The monoisotopic (exact) mass is 467 g/mol. The van der Waals surface area contributed by atoms with E-state index in [1.165, 1.54) is 28.0 Å². The molecule has 3 N–H and O–H groups in total. The number of hydrogen-bond acceptors (Lipinski definition) is 8. The minimum absolute atomic E-state index is 0.0728. The van der Waals surface area contributed by atoms with Crippen LogP contribution in [0.5, 0.6) is 0 Å². The number of nitrogens with one attached hydrogen (secondary N) is 3. The summed E-state index contributed by atoms with van der Waals surface area (Å²) in [6.45, 7) is 2.40. The van der Waals surface area contributed by atoms with Crippen LogP contribution in [-0.4, -0.2) is 34.4 Å². The lowest BCUT2D eigenvalue weighted by Crippen LogP contribution is -2.41. The molecular formula is C18H18ClN5O2S3. The molecule has 0 fully saturated rings. The van der Waals surface area contributed by atoms with Gasteiger partial charge >= 0.3 is 6.03 Å². The van der Waals surface area contributed by atoms with Gasteiger partial charge in [0.15, 0.2) is 4.34 Å². The van der Waals surface area contributed by atoms with Crippen LogP contribution < -0.4 is 16.0 Å². The lowest BCUT2D eigenvalue weighted by Gasteiger charge is -2.05. The van der Waals surface area contributed by atoms with E-state index in [9.17, 15) is 9.59 Å². The highest BCUT2D eigenvalue weighted by molar-refractivity contribution is 8.01. The average molecular weight is 468 g/mol. The van der Waals surface area contributed by atoms with Crippen molar-refractivity contribution < 1.29 is 9.59 Å². The fourth-order valence-corrected chi connectivity index (χ4v) is 4.66. The number of aryl methyl sites for hydroxylation is 1. The molecule has 0 aliphatic rings. The molecule has 0 spiro atoms. The number of benzene rings is 1. The van der Waals surface area contributed by atoms with Crippen molar-refractivity contribution in [2.24, 2.45) is 0 Å². The Labute approximate surface area is 185 Å². The zero-order valence-corrected chi connectivity index (χ0v) is 18.6. The summed E-state index contributed by atoms with van der Waals surface area (Å²) < 4.78 is 0.624. The highest BCUT2D eigenvalue weighted by Crippen LogP contribution is 2.29. The second-order valence-electron chi connectivity index (χ2n) is 5.88. The van der Waals surface area contributed by atoms with Gasteiger partial charge in [-0.2, -0.15) is 0 Å². The van der Waals surface area contributed by atoms with Gasteiger partial charge in [-0.05, 0) is 42.5 Å². The number of rotatable bonds is 8. The Morgan fingerprint density at radius 1 is 1.24 bits per heavy atom. The number of halogens is 1. The summed E-state index contributed by atoms with van der Waals surface area (Å²) in [5.41, 5.74) is 1.80. The molecule has 0 unspecified atom stereocenters. The van der Waals surface area contributed by atoms with Gasteiger partial charge in [0.1, 0.15) is 0 Å². The summed E-state index contributed by atoms with van der Waals surface area (Å²) >= 11 is 10.3. The number of carbonyl (C=O) groups is 2. The number of amides is 3. The van der Waals surface area contributed by atoms with E-state index in [1.807, 2.05) is 42.6 Å². The minimum atomic E-state index is -0.497. The standard InChI is InChI=1S/C18H18ClN5O2S3/c1-11-4-5-12(9-14(11)19)21-17-23-24-18(29-17)28-10-15(25)22-16(26)20-7-6-13-3-2-8-27-13/h2-5,8-9H,6-7,10H2,1H3,(H,21,23)(H2,20,22,25,26). The minimum Gasteiger partial charge on any atom is -0.337 e. The lowest BCUT2D eigenvalue weighted by molar-refractivity contribution is -0.117.